The summed E-state index contributed by atoms with van der Waals surface area (Å²) in [5, 5.41) is 3.84. The predicted molar refractivity (Wildman–Crippen MR) is 110 cm³/mol. The normalized spacial score (nSPS) is 14.5. The highest BCUT2D eigenvalue weighted by Gasteiger charge is 2.47. The number of carbonyl (C=O) groups excluding carboxylic acids is 1. The van der Waals surface area contributed by atoms with Crippen molar-refractivity contribution in [3.8, 4) is 0 Å². The number of rotatable bonds is 5. The van der Waals surface area contributed by atoms with E-state index in [1.807, 2.05) is 12.1 Å². The van der Waals surface area contributed by atoms with Gasteiger partial charge in [0.05, 0.1) is 0 Å². The number of ketones is 1. The Morgan fingerprint density at radius 3 is 1.96 bits per heavy atom. The molecule has 0 unspecified atom stereocenters. The summed E-state index contributed by atoms with van der Waals surface area (Å²) in [6.07, 6.45) is 10.4. The van der Waals surface area contributed by atoms with Crippen molar-refractivity contribution < 1.29 is 4.79 Å². The second-order valence-electron chi connectivity index (χ2n) is 6.49. The van der Waals surface area contributed by atoms with E-state index in [4.69, 9.17) is 0 Å². The van der Waals surface area contributed by atoms with Crippen LogP contribution < -0.4 is 10.6 Å². The van der Waals surface area contributed by atoms with Crippen molar-refractivity contribution in [1.29, 1.82) is 0 Å². The monoisotopic (exact) mass is 347 g/mol. The average Bonchev–Trinajstić information content (AvgIpc) is 2.86. The summed E-state index contributed by atoms with van der Waals surface area (Å²) in [7, 11) is -2.00. The van der Waals surface area contributed by atoms with Crippen molar-refractivity contribution in [3.05, 3.63) is 95.9 Å². The number of benzene rings is 2. The third kappa shape index (κ3) is 3.72. The minimum absolute atomic E-state index is 0.240. The first-order valence-corrected chi connectivity index (χ1v) is 10.6. The van der Waals surface area contributed by atoms with Crippen LogP contribution in [0, 0.1) is 0 Å². The molecule has 3 rings (SSSR count). The van der Waals surface area contributed by atoms with Gasteiger partial charge in [0.25, 0.3) is 0 Å². The van der Waals surface area contributed by atoms with Gasteiger partial charge < -0.3 is 0 Å². The third-order valence-corrected chi connectivity index (χ3v) is 9.07. The van der Waals surface area contributed by atoms with Gasteiger partial charge in [-0.15, -0.1) is 0 Å². The van der Waals surface area contributed by atoms with Gasteiger partial charge in [-0.3, -0.25) is 4.79 Å². The summed E-state index contributed by atoms with van der Waals surface area (Å²) >= 11 is 0. The van der Waals surface area contributed by atoms with Crippen molar-refractivity contribution in [2.75, 3.05) is 6.16 Å². The van der Waals surface area contributed by atoms with E-state index in [0.717, 1.165) is 6.42 Å². The first-order chi connectivity index (χ1) is 12.1. The van der Waals surface area contributed by atoms with Crippen LogP contribution in [-0.4, -0.2) is 11.9 Å². The topological polar surface area (TPSA) is 17.1 Å². The van der Waals surface area contributed by atoms with Gasteiger partial charge in [-0.1, -0.05) is 54.1 Å². The molecule has 0 heterocycles. The molecule has 0 saturated heterocycles. The number of allylic oxidation sites excluding steroid dienone is 6. The fourth-order valence-electron chi connectivity index (χ4n) is 3.42. The molecule has 0 atom stereocenters. The highest BCUT2D eigenvalue weighted by Crippen LogP contribution is 2.64. The van der Waals surface area contributed by atoms with Crippen LogP contribution in [0.5, 0.6) is 0 Å². The molecule has 0 fully saturated rings. The molecule has 1 aliphatic rings. The van der Waals surface area contributed by atoms with Crippen LogP contribution in [0.15, 0.2) is 95.9 Å². The number of Topliss-reactive ketones (excluding diaryl/α,β-unsaturated/α-hetero) is 1. The smallest absolute Gasteiger partial charge is 0.168 e. The SMILES string of the molecule is CC(=O)C[P+](C1=CCC=C(C)C=C1)(c1ccccc1)c1ccccc1. The zero-order valence-electron chi connectivity index (χ0n) is 14.9. The van der Waals surface area contributed by atoms with E-state index in [0.29, 0.717) is 6.16 Å². The lowest BCUT2D eigenvalue weighted by Gasteiger charge is -2.27. The fraction of sp³-hybridized carbons (Fsp3) is 0.174. The van der Waals surface area contributed by atoms with Gasteiger partial charge in [0.1, 0.15) is 29.3 Å². The van der Waals surface area contributed by atoms with Crippen molar-refractivity contribution in [2.24, 2.45) is 0 Å². The minimum Gasteiger partial charge on any atom is -0.296 e. The Labute approximate surface area is 151 Å². The summed E-state index contributed by atoms with van der Waals surface area (Å²) in [5.74, 6) is 0.240. The molecular weight excluding hydrogens is 323 g/mol. The molecule has 0 N–H and O–H groups in total. The Balaban J connectivity index is 2.27. The zero-order valence-corrected chi connectivity index (χ0v) is 15.7. The third-order valence-electron chi connectivity index (χ3n) is 4.58. The van der Waals surface area contributed by atoms with Gasteiger partial charge in [-0.2, -0.15) is 0 Å². The van der Waals surface area contributed by atoms with Crippen molar-refractivity contribution >= 4 is 23.7 Å². The van der Waals surface area contributed by atoms with Crippen molar-refractivity contribution in [2.45, 2.75) is 20.3 Å². The van der Waals surface area contributed by atoms with E-state index >= 15 is 0 Å². The van der Waals surface area contributed by atoms with Crippen LogP contribution >= 0.6 is 7.26 Å². The van der Waals surface area contributed by atoms with Crippen LogP contribution in [-0.2, 0) is 4.79 Å². The zero-order chi connectivity index (χ0) is 17.7. The Hall–Kier alpha value is -2.24. The molecule has 1 nitrogen and oxygen atoms in total. The number of hydrogen-bond donors (Lipinski definition) is 0. The van der Waals surface area contributed by atoms with Crippen molar-refractivity contribution in [1.82, 2.24) is 0 Å². The molecule has 0 bridgehead atoms. The lowest BCUT2D eigenvalue weighted by Crippen LogP contribution is -2.28. The molecule has 0 aliphatic heterocycles. The van der Waals surface area contributed by atoms with E-state index in [1.165, 1.54) is 21.5 Å². The Morgan fingerprint density at radius 1 is 0.880 bits per heavy atom. The summed E-state index contributed by atoms with van der Waals surface area (Å²) in [6, 6.07) is 21.1. The molecule has 2 aromatic rings. The van der Waals surface area contributed by atoms with Gasteiger partial charge in [0.15, 0.2) is 5.78 Å². The maximum Gasteiger partial charge on any atom is 0.168 e. The fourth-order valence-corrected chi connectivity index (χ4v) is 7.64. The molecule has 2 aromatic carbocycles. The van der Waals surface area contributed by atoms with Gasteiger partial charge in [-0.25, -0.2) is 0 Å². The van der Waals surface area contributed by atoms with Gasteiger partial charge in [-0.05, 0) is 56.7 Å². The van der Waals surface area contributed by atoms with Crippen LogP contribution in [0.25, 0.3) is 0 Å². The van der Waals surface area contributed by atoms with Crippen LogP contribution in [0.4, 0.5) is 0 Å². The second kappa shape index (κ2) is 7.76. The molecule has 0 amide bonds. The van der Waals surface area contributed by atoms with E-state index in [1.54, 1.807) is 6.92 Å². The highest BCUT2D eigenvalue weighted by molar-refractivity contribution is 7.93. The lowest BCUT2D eigenvalue weighted by molar-refractivity contribution is -0.114. The molecule has 0 saturated carbocycles. The van der Waals surface area contributed by atoms with Gasteiger partial charge in [0.2, 0.25) is 0 Å². The molecule has 126 valence electrons. The van der Waals surface area contributed by atoms with E-state index in [-0.39, 0.29) is 5.78 Å². The first-order valence-electron chi connectivity index (χ1n) is 8.67. The molecule has 25 heavy (non-hydrogen) atoms. The minimum atomic E-state index is -2.00. The maximum atomic E-state index is 12.4. The summed E-state index contributed by atoms with van der Waals surface area (Å²) in [6.45, 7) is 3.84. The second-order valence-corrected chi connectivity index (χ2v) is 9.97. The van der Waals surface area contributed by atoms with E-state index < -0.39 is 7.26 Å². The quantitative estimate of drug-likeness (QED) is 0.693. The molecule has 0 aromatic heterocycles. The lowest BCUT2D eigenvalue weighted by atomic mass is 10.2. The summed E-state index contributed by atoms with van der Waals surface area (Å²) < 4.78 is 0. The van der Waals surface area contributed by atoms with Gasteiger partial charge in [0, 0.05) is 0 Å². The summed E-state index contributed by atoms with van der Waals surface area (Å²) in [4.78, 5) is 12.4. The summed E-state index contributed by atoms with van der Waals surface area (Å²) in [5.41, 5.74) is 1.27. The van der Waals surface area contributed by atoms with Crippen LogP contribution in [0.1, 0.15) is 20.3 Å². The standard InChI is InChI=1S/C23H24OP/c1-19-10-9-15-23(17-16-19)25(18-20(2)24,21-11-5-3-6-12-21)22-13-7-4-8-14-22/h3-8,10-17H,9,18H2,1-2H3/q+1. The van der Waals surface area contributed by atoms with Crippen LogP contribution in [0.2, 0.25) is 0 Å². The van der Waals surface area contributed by atoms with Crippen molar-refractivity contribution in [3.63, 3.8) is 0 Å². The molecule has 2 heteroatoms. The Bertz CT molecular complexity index is 789. The molecule has 0 radical (unpaired) electrons. The Morgan fingerprint density at radius 2 is 1.44 bits per heavy atom. The average molecular weight is 347 g/mol. The van der Waals surface area contributed by atoms with Crippen LogP contribution in [0.3, 0.4) is 0 Å². The van der Waals surface area contributed by atoms with E-state index in [2.05, 4.69) is 79.8 Å². The van der Waals surface area contributed by atoms with E-state index in [9.17, 15) is 4.79 Å². The molecule has 0 spiro atoms. The Kier molecular flexibility index (Phi) is 5.46. The maximum absolute atomic E-state index is 12.4. The molecular formula is C23H24OP+. The highest BCUT2D eigenvalue weighted by atomic mass is 31.2. The molecule has 1 aliphatic carbocycles. The number of carbonyl (C=O) groups is 1. The predicted octanol–water partition coefficient (Wildman–Crippen LogP) is 5.03. The first kappa shape index (κ1) is 17.6. The number of hydrogen-bond acceptors (Lipinski definition) is 1. The largest absolute Gasteiger partial charge is 0.296 e. The van der Waals surface area contributed by atoms with Gasteiger partial charge >= 0.3 is 0 Å².